The lowest BCUT2D eigenvalue weighted by Crippen LogP contribution is -2.48. The molecule has 1 fully saturated rings. The Morgan fingerprint density at radius 2 is 2.00 bits per heavy atom. The number of amides is 1. The maximum absolute atomic E-state index is 12.2. The van der Waals surface area contributed by atoms with Crippen LogP contribution in [0.2, 0.25) is 0 Å². The largest absolute Gasteiger partial charge is 0.394 e. The SMILES string of the molecule is CC(C)(C)CC(CO)NC(=O)CCN1CCN(c2ccccn2)CC1. The summed E-state index contributed by atoms with van der Waals surface area (Å²) < 4.78 is 0. The third-order valence-electron chi connectivity index (χ3n) is 4.44. The van der Waals surface area contributed by atoms with Gasteiger partial charge in [-0.1, -0.05) is 26.8 Å². The van der Waals surface area contributed by atoms with Crippen LogP contribution in [0.25, 0.3) is 0 Å². The zero-order valence-electron chi connectivity index (χ0n) is 15.7. The molecule has 1 amide bonds. The van der Waals surface area contributed by atoms with Crippen LogP contribution in [0.3, 0.4) is 0 Å². The molecule has 0 bridgehead atoms. The number of hydrogen-bond donors (Lipinski definition) is 2. The Morgan fingerprint density at radius 1 is 1.28 bits per heavy atom. The van der Waals surface area contributed by atoms with Gasteiger partial charge in [0, 0.05) is 45.3 Å². The van der Waals surface area contributed by atoms with Crippen LogP contribution < -0.4 is 10.2 Å². The molecule has 0 aromatic carbocycles. The summed E-state index contributed by atoms with van der Waals surface area (Å²) in [5.74, 6) is 1.04. The van der Waals surface area contributed by atoms with E-state index < -0.39 is 0 Å². The molecule has 1 aliphatic heterocycles. The number of aromatic nitrogens is 1. The number of aliphatic hydroxyl groups is 1. The van der Waals surface area contributed by atoms with Crippen molar-refractivity contribution in [3.63, 3.8) is 0 Å². The summed E-state index contributed by atoms with van der Waals surface area (Å²) in [4.78, 5) is 21.1. The van der Waals surface area contributed by atoms with E-state index in [1.807, 2.05) is 24.4 Å². The highest BCUT2D eigenvalue weighted by molar-refractivity contribution is 5.76. The van der Waals surface area contributed by atoms with E-state index in [0.717, 1.165) is 45.0 Å². The van der Waals surface area contributed by atoms with E-state index in [4.69, 9.17) is 0 Å². The predicted molar refractivity (Wildman–Crippen MR) is 101 cm³/mol. The standard InChI is InChI=1S/C19H32N4O2/c1-19(2,3)14-16(15-24)21-18(25)7-9-22-10-12-23(13-11-22)17-6-4-5-8-20-17/h4-6,8,16,24H,7,9-15H2,1-3H3,(H,21,25). The number of aliphatic hydroxyl groups excluding tert-OH is 1. The van der Waals surface area contributed by atoms with Gasteiger partial charge < -0.3 is 15.3 Å². The van der Waals surface area contributed by atoms with Gasteiger partial charge >= 0.3 is 0 Å². The Hall–Kier alpha value is -1.66. The fourth-order valence-corrected chi connectivity index (χ4v) is 3.20. The van der Waals surface area contributed by atoms with Crippen LogP contribution in [0.15, 0.2) is 24.4 Å². The molecule has 6 nitrogen and oxygen atoms in total. The van der Waals surface area contributed by atoms with Crippen molar-refractivity contribution in [2.24, 2.45) is 5.41 Å². The van der Waals surface area contributed by atoms with Crippen LogP contribution in [-0.2, 0) is 4.79 Å². The van der Waals surface area contributed by atoms with E-state index in [9.17, 15) is 9.90 Å². The summed E-state index contributed by atoms with van der Waals surface area (Å²) in [7, 11) is 0. The second-order valence-electron chi connectivity index (χ2n) is 7.98. The first-order valence-corrected chi connectivity index (χ1v) is 9.16. The van der Waals surface area contributed by atoms with Crippen LogP contribution in [0.1, 0.15) is 33.6 Å². The van der Waals surface area contributed by atoms with E-state index in [1.54, 1.807) is 0 Å². The molecule has 1 aromatic rings. The molecular formula is C19H32N4O2. The van der Waals surface area contributed by atoms with Crippen LogP contribution in [0.5, 0.6) is 0 Å². The molecule has 0 radical (unpaired) electrons. The van der Waals surface area contributed by atoms with E-state index in [-0.39, 0.29) is 24.0 Å². The van der Waals surface area contributed by atoms with Crippen molar-refractivity contribution >= 4 is 11.7 Å². The molecule has 6 heteroatoms. The number of nitrogens with zero attached hydrogens (tertiary/aromatic N) is 3. The van der Waals surface area contributed by atoms with Crippen LogP contribution in [0.4, 0.5) is 5.82 Å². The van der Waals surface area contributed by atoms with E-state index >= 15 is 0 Å². The van der Waals surface area contributed by atoms with Crippen molar-refractivity contribution in [3.8, 4) is 0 Å². The number of rotatable bonds is 7. The van der Waals surface area contributed by atoms with Gasteiger partial charge in [0.2, 0.25) is 5.91 Å². The number of carbonyl (C=O) groups excluding carboxylic acids is 1. The fraction of sp³-hybridized carbons (Fsp3) is 0.684. The summed E-state index contributed by atoms with van der Waals surface area (Å²) in [6.45, 7) is 10.8. The Kier molecular flexibility index (Phi) is 7.20. The van der Waals surface area contributed by atoms with Crippen molar-refractivity contribution in [2.45, 2.75) is 39.7 Å². The molecule has 2 heterocycles. The summed E-state index contributed by atoms with van der Waals surface area (Å²) in [5, 5.41) is 12.4. The van der Waals surface area contributed by atoms with Gasteiger partial charge in [-0.3, -0.25) is 9.69 Å². The lowest BCUT2D eigenvalue weighted by molar-refractivity contribution is -0.122. The van der Waals surface area contributed by atoms with Crippen molar-refractivity contribution in [3.05, 3.63) is 24.4 Å². The Morgan fingerprint density at radius 3 is 2.56 bits per heavy atom. The summed E-state index contributed by atoms with van der Waals surface area (Å²) in [5.41, 5.74) is 0.0858. The minimum Gasteiger partial charge on any atom is -0.394 e. The molecule has 1 aliphatic rings. The van der Waals surface area contributed by atoms with Crippen LogP contribution in [0, 0.1) is 5.41 Å². The lowest BCUT2D eigenvalue weighted by atomic mass is 9.88. The molecular weight excluding hydrogens is 316 g/mol. The maximum Gasteiger partial charge on any atom is 0.221 e. The van der Waals surface area contributed by atoms with Crippen molar-refractivity contribution in [2.75, 3.05) is 44.2 Å². The van der Waals surface area contributed by atoms with Gasteiger partial charge in [-0.05, 0) is 24.0 Å². The highest BCUT2D eigenvalue weighted by atomic mass is 16.3. The lowest BCUT2D eigenvalue weighted by Gasteiger charge is -2.35. The minimum absolute atomic E-state index is 0.00817. The van der Waals surface area contributed by atoms with Gasteiger partial charge in [0.25, 0.3) is 0 Å². The number of pyridine rings is 1. The molecule has 0 saturated carbocycles. The number of nitrogens with one attached hydrogen (secondary N) is 1. The first-order chi connectivity index (χ1) is 11.9. The number of carbonyl (C=O) groups is 1. The molecule has 1 saturated heterocycles. The van der Waals surface area contributed by atoms with Gasteiger partial charge in [0.15, 0.2) is 0 Å². The Balaban J connectivity index is 1.69. The molecule has 1 atom stereocenters. The van der Waals surface area contributed by atoms with Crippen LogP contribution >= 0.6 is 0 Å². The first kappa shape index (κ1) is 19.7. The molecule has 2 N–H and O–H groups in total. The van der Waals surface area contributed by atoms with Gasteiger partial charge in [0.05, 0.1) is 12.6 Å². The fourth-order valence-electron chi connectivity index (χ4n) is 3.20. The highest BCUT2D eigenvalue weighted by Crippen LogP contribution is 2.20. The summed E-state index contributed by atoms with van der Waals surface area (Å²) in [6.07, 6.45) is 3.07. The average Bonchev–Trinajstić information content (AvgIpc) is 2.59. The summed E-state index contributed by atoms with van der Waals surface area (Å²) in [6, 6.07) is 5.81. The van der Waals surface area contributed by atoms with Gasteiger partial charge in [-0.25, -0.2) is 4.98 Å². The quantitative estimate of drug-likeness (QED) is 0.782. The van der Waals surface area contributed by atoms with Gasteiger partial charge in [-0.2, -0.15) is 0 Å². The third kappa shape index (κ3) is 7.00. The monoisotopic (exact) mass is 348 g/mol. The minimum atomic E-state index is -0.159. The Labute approximate surface area is 151 Å². The van der Waals surface area contributed by atoms with E-state index in [0.29, 0.717) is 6.42 Å². The number of hydrogen-bond acceptors (Lipinski definition) is 5. The number of piperazine rings is 1. The summed E-state index contributed by atoms with van der Waals surface area (Å²) >= 11 is 0. The molecule has 1 unspecified atom stereocenters. The number of anilines is 1. The zero-order valence-corrected chi connectivity index (χ0v) is 15.7. The van der Waals surface area contributed by atoms with Gasteiger partial charge in [-0.15, -0.1) is 0 Å². The molecule has 140 valence electrons. The average molecular weight is 348 g/mol. The van der Waals surface area contributed by atoms with Crippen molar-refractivity contribution in [1.29, 1.82) is 0 Å². The molecule has 1 aromatic heterocycles. The van der Waals surface area contributed by atoms with E-state index in [2.05, 4.69) is 40.9 Å². The smallest absolute Gasteiger partial charge is 0.221 e. The second kappa shape index (κ2) is 9.15. The predicted octanol–water partition coefficient (Wildman–Crippen LogP) is 1.51. The normalized spacial score (nSPS) is 17.4. The second-order valence-corrected chi connectivity index (χ2v) is 7.98. The molecule has 0 spiro atoms. The molecule has 0 aliphatic carbocycles. The zero-order chi connectivity index (χ0) is 18.3. The van der Waals surface area contributed by atoms with Crippen molar-refractivity contribution < 1.29 is 9.90 Å². The third-order valence-corrected chi connectivity index (χ3v) is 4.44. The first-order valence-electron chi connectivity index (χ1n) is 9.16. The van der Waals surface area contributed by atoms with E-state index in [1.165, 1.54) is 0 Å². The van der Waals surface area contributed by atoms with Crippen LogP contribution in [-0.4, -0.2) is 66.3 Å². The maximum atomic E-state index is 12.2. The highest BCUT2D eigenvalue weighted by Gasteiger charge is 2.21. The Bertz CT molecular complexity index is 522. The topological polar surface area (TPSA) is 68.7 Å². The van der Waals surface area contributed by atoms with Crippen molar-refractivity contribution in [1.82, 2.24) is 15.2 Å². The van der Waals surface area contributed by atoms with Gasteiger partial charge in [0.1, 0.15) is 5.82 Å². The molecule has 2 rings (SSSR count). The molecule has 25 heavy (non-hydrogen) atoms.